The summed E-state index contributed by atoms with van der Waals surface area (Å²) in [6.45, 7) is 1.49. The molecule has 1 N–H and O–H groups in total. The summed E-state index contributed by atoms with van der Waals surface area (Å²) in [7, 11) is -3.00. The first-order chi connectivity index (χ1) is 10.9. The molecule has 1 aliphatic rings. The van der Waals surface area contributed by atoms with E-state index in [1.165, 1.54) is 6.26 Å². The Morgan fingerprint density at radius 3 is 3.04 bits per heavy atom. The fraction of sp³-hybridized carbons (Fsp3) is 0.467. The molecule has 0 aromatic carbocycles. The van der Waals surface area contributed by atoms with Crippen molar-refractivity contribution in [2.24, 2.45) is 5.92 Å². The van der Waals surface area contributed by atoms with E-state index < -0.39 is 9.84 Å². The van der Waals surface area contributed by atoms with Gasteiger partial charge in [0.1, 0.15) is 9.84 Å². The van der Waals surface area contributed by atoms with Gasteiger partial charge in [-0.05, 0) is 24.5 Å². The molecule has 1 unspecified atom stereocenters. The van der Waals surface area contributed by atoms with Crippen molar-refractivity contribution < 1.29 is 13.2 Å². The molecule has 2 amide bonds. The third kappa shape index (κ3) is 3.82. The van der Waals surface area contributed by atoms with Crippen LogP contribution in [0.1, 0.15) is 12.0 Å². The molecule has 124 valence electrons. The van der Waals surface area contributed by atoms with Crippen LogP contribution in [0.25, 0.3) is 5.52 Å². The van der Waals surface area contributed by atoms with Gasteiger partial charge in [-0.2, -0.15) is 5.10 Å². The van der Waals surface area contributed by atoms with Gasteiger partial charge in [0, 0.05) is 37.7 Å². The summed E-state index contributed by atoms with van der Waals surface area (Å²) in [4.78, 5) is 13.9. The van der Waals surface area contributed by atoms with Crippen molar-refractivity contribution in [2.45, 2.75) is 13.0 Å². The Labute approximate surface area is 135 Å². The first-order valence-corrected chi connectivity index (χ1v) is 9.60. The lowest BCUT2D eigenvalue weighted by Crippen LogP contribution is -2.38. The fourth-order valence-electron chi connectivity index (χ4n) is 2.99. The van der Waals surface area contributed by atoms with E-state index in [4.69, 9.17) is 0 Å². The molecule has 1 fully saturated rings. The number of likely N-dealkylation sites (tertiary alicyclic amines) is 1. The summed E-state index contributed by atoms with van der Waals surface area (Å²) < 4.78 is 24.4. The number of carbonyl (C=O) groups excluding carboxylic acids is 1. The van der Waals surface area contributed by atoms with Crippen molar-refractivity contribution in [3.63, 3.8) is 0 Å². The average molecular weight is 336 g/mol. The maximum Gasteiger partial charge on any atom is 0.317 e. The molecule has 0 saturated carbocycles. The Morgan fingerprint density at radius 1 is 1.43 bits per heavy atom. The number of fused-ring (bicyclic) bond motifs is 1. The molecule has 2 aromatic heterocycles. The molecular weight excluding hydrogens is 316 g/mol. The number of pyridine rings is 1. The van der Waals surface area contributed by atoms with E-state index in [1.54, 1.807) is 15.6 Å². The van der Waals surface area contributed by atoms with E-state index in [9.17, 15) is 13.2 Å². The minimum absolute atomic E-state index is 0.0349. The van der Waals surface area contributed by atoms with Crippen molar-refractivity contribution >= 4 is 21.4 Å². The molecule has 1 aliphatic heterocycles. The molecule has 0 spiro atoms. The molecule has 1 atom stereocenters. The SMILES string of the molecule is CS(=O)(=O)CC1CCN(C(=O)NCc2cnn3ccccc23)C1. The second kappa shape index (κ2) is 6.19. The average Bonchev–Trinajstić information content (AvgIpc) is 3.10. The second-order valence-corrected chi connectivity index (χ2v) is 8.24. The molecule has 23 heavy (non-hydrogen) atoms. The van der Waals surface area contributed by atoms with Gasteiger partial charge >= 0.3 is 6.03 Å². The van der Waals surface area contributed by atoms with Gasteiger partial charge in [0.25, 0.3) is 0 Å². The van der Waals surface area contributed by atoms with Crippen LogP contribution in [0.15, 0.2) is 30.6 Å². The maximum atomic E-state index is 12.2. The lowest BCUT2D eigenvalue weighted by molar-refractivity contribution is 0.207. The highest BCUT2D eigenvalue weighted by Crippen LogP contribution is 2.18. The van der Waals surface area contributed by atoms with Crippen LogP contribution in [0.3, 0.4) is 0 Å². The van der Waals surface area contributed by atoms with Crippen LogP contribution in [-0.4, -0.2) is 54.1 Å². The minimum atomic E-state index is -3.00. The minimum Gasteiger partial charge on any atom is -0.334 e. The van der Waals surface area contributed by atoms with Gasteiger partial charge in [0.05, 0.1) is 17.5 Å². The molecule has 0 aliphatic carbocycles. The van der Waals surface area contributed by atoms with Gasteiger partial charge in [-0.1, -0.05) is 6.07 Å². The Hall–Kier alpha value is -2.09. The fourth-order valence-corrected chi connectivity index (χ4v) is 4.12. The van der Waals surface area contributed by atoms with Gasteiger partial charge in [0.2, 0.25) is 0 Å². The highest BCUT2D eigenvalue weighted by molar-refractivity contribution is 7.90. The zero-order chi connectivity index (χ0) is 16.4. The number of amides is 2. The van der Waals surface area contributed by atoms with Crippen LogP contribution >= 0.6 is 0 Å². The number of hydrogen-bond donors (Lipinski definition) is 1. The summed E-state index contributed by atoms with van der Waals surface area (Å²) in [6.07, 6.45) is 5.57. The molecule has 3 heterocycles. The Kier molecular flexibility index (Phi) is 4.25. The highest BCUT2D eigenvalue weighted by Gasteiger charge is 2.28. The number of hydrogen-bond acceptors (Lipinski definition) is 4. The molecule has 2 aromatic rings. The van der Waals surface area contributed by atoms with Crippen molar-refractivity contribution in [3.8, 4) is 0 Å². The van der Waals surface area contributed by atoms with Crippen LogP contribution in [0, 0.1) is 5.92 Å². The molecule has 8 heteroatoms. The van der Waals surface area contributed by atoms with Crippen LogP contribution < -0.4 is 5.32 Å². The smallest absolute Gasteiger partial charge is 0.317 e. The number of urea groups is 1. The molecule has 0 bridgehead atoms. The molecule has 3 rings (SSSR count). The number of aromatic nitrogens is 2. The quantitative estimate of drug-likeness (QED) is 0.899. The number of sulfone groups is 1. The van der Waals surface area contributed by atoms with Crippen LogP contribution in [0.2, 0.25) is 0 Å². The topological polar surface area (TPSA) is 83.8 Å². The van der Waals surface area contributed by atoms with Gasteiger partial charge < -0.3 is 10.2 Å². The summed E-state index contributed by atoms with van der Waals surface area (Å²) in [5.41, 5.74) is 1.91. The van der Waals surface area contributed by atoms with Crippen molar-refractivity contribution in [1.29, 1.82) is 0 Å². The molecule has 1 saturated heterocycles. The summed E-state index contributed by atoms with van der Waals surface area (Å²) in [5, 5.41) is 7.12. The zero-order valence-electron chi connectivity index (χ0n) is 13.0. The number of carbonyl (C=O) groups is 1. The van der Waals surface area contributed by atoms with E-state index in [2.05, 4.69) is 10.4 Å². The van der Waals surface area contributed by atoms with E-state index in [1.807, 2.05) is 24.4 Å². The predicted molar refractivity (Wildman–Crippen MR) is 86.8 cm³/mol. The standard InChI is InChI=1S/C15H20N4O3S/c1-23(21,22)11-12-5-7-18(10-12)15(20)16-8-13-9-17-19-6-3-2-4-14(13)19/h2-4,6,9,12H,5,7-8,10-11H2,1H3,(H,16,20). The summed E-state index contributed by atoms with van der Waals surface area (Å²) >= 11 is 0. The monoisotopic (exact) mass is 336 g/mol. The number of nitrogens with zero attached hydrogens (tertiary/aromatic N) is 3. The van der Waals surface area contributed by atoms with Crippen molar-refractivity contribution in [2.75, 3.05) is 25.1 Å². The van der Waals surface area contributed by atoms with Crippen molar-refractivity contribution in [3.05, 3.63) is 36.2 Å². The first kappa shape index (κ1) is 15.8. The van der Waals surface area contributed by atoms with E-state index >= 15 is 0 Å². The third-order valence-corrected chi connectivity index (χ3v) is 5.12. The Morgan fingerprint density at radius 2 is 2.26 bits per heavy atom. The van der Waals surface area contributed by atoms with E-state index in [0.717, 1.165) is 17.5 Å². The van der Waals surface area contributed by atoms with Gasteiger partial charge in [-0.3, -0.25) is 0 Å². The molecule has 0 radical (unpaired) electrons. The van der Waals surface area contributed by atoms with Gasteiger partial charge in [0.15, 0.2) is 0 Å². The second-order valence-electron chi connectivity index (χ2n) is 6.05. The first-order valence-electron chi connectivity index (χ1n) is 7.54. The lowest BCUT2D eigenvalue weighted by Gasteiger charge is -2.17. The van der Waals surface area contributed by atoms with Crippen LogP contribution in [0.4, 0.5) is 4.79 Å². The van der Waals surface area contributed by atoms with Crippen LogP contribution in [-0.2, 0) is 16.4 Å². The maximum absolute atomic E-state index is 12.2. The molecule has 7 nitrogen and oxygen atoms in total. The predicted octanol–water partition coefficient (Wildman–Crippen LogP) is 0.910. The summed E-state index contributed by atoms with van der Waals surface area (Å²) in [5.74, 6) is 0.179. The Bertz CT molecular complexity index is 815. The van der Waals surface area contributed by atoms with Crippen molar-refractivity contribution in [1.82, 2.24) is 19.8 Å². The lowest BCUT2D eigenvalue weighted by atomic mass is 10.2. The number of nitrogens with one attached hydrogen (secondary N) is 1. The Balaban J connectivity index is 1.56. The number of rotatable bonds is 4. The summed E-state index contributed by atoms with van der Waals surface area (Å²) in [6, 6.07) is 5.62. The third-order valence-electron chi connectivity index (χ3n) is 4.05. The van der Waals surface area contributed by atoms with Crippen LogP contribution in [0.5, 0.6) is 0 Å². The highest BCUT2D eigenvalue weighted by atomic mass is 32.2. The van der Waals surface area contributed by atoms with E-state index in [0.29, 0.717) is 19.6 Å². The van der Waals surface area contributed by atoms with Gasteiger partial charge in [-0.25, -0.2) is 17.7 Å². The normalized spacial score (nSPS) is 18.5. The van der Waals surface area contributed by atoms with E-state index in [-0.39, 0.29) is 17.7 Å². The zero-order valence-corrected chi connectivity index (χ0v) is 13.8. The molecular formula is C15H20N4O3S. The van der Waals surface area contributed by atoms with Gasteiger partial charge in [-0.15, -0.1) is 0 Å². The largest absolute Gasteiger partial charge is 0.334 e.